The molecule has 2 fully saturated rings. The fourth-order valence-corrected chi connectivity index (χ4v) is 5.86. The maximum atomic E-state index is 13.1. The summed E-state index contributed by atoms with van der Waals surface area (Å²) in [5.41, 5.74) is 1.32. The highest BCUT2D eigenvalue weighted by molar-refractivity contribution is 7.90. The molecule has 0 saturated heterocycles. The molecule has 2 unspecified atom stereocenters. The maximum absolute atomic E-state index is 13.1. The van der Waals surface area contributed by atoms with Crippen LogP contribution in [0.4, 0.5) is 20.4 Å². The summed E-state index contributed by atoms with van der Waals surface area (Å²) in [5.74, 6) is 1.40. The van der Waals surface area contributed by atoms with Crippen LogP contribution >= 0.6 is 0 Å². The van der Waals surface area contributed by atoms with Gasteiger partial charge in [-0.25, -0.2) is 28.1 Å². The number of nitrogens with zero attached hydrogens (tertiary/aromatic N) is 7. The van der Waals surface area contributed by atoms with E-state index >= 15 is 0 Å². The van der Waals surface area contributed by atoms with Gasteiger partial charge in [0.1, 0.15) is 23.5 Å². The summed E-state index contributed by atoms with van der Waals surface area (Å²) in [6, 6.07) is 3.24. The van der Waals surface area contributed by atoms with Crippen LogP contribution in [0.2, 0.25) is 0 Å². The first-order valence-electron chi connectivity index (χ1n) is 12.3. The molecule has 0 bridgehead atoms. The van der Waals surface area contributed by atoms with Gasteiger partial charge in [0.15, 0.2) is 5.82 Å². The van der Waals surface area contributed by atoms with E-state index < -0.39 is 27.9 Å². The van der Waals surface area contributed by atoms with Crippen LogP contribution in [-0.4, -0.2) is 64.9 Å². The highest BCUT2D eigenvalue weighted by Gasteiger charge is 2.37. The molecule has 2 atom stereocenters. The van der Waals surface area contributed by atoms with Crippen molar-refractivity contribution in [3.05, 3.63) is 49.3 Å². The average molecular weight is 559 g/mol. The van der Waals surface area contributed by atoms with Crippen LogP contribution in [0.1, 0.15) is 38.7 Å². The molecule has 4 aromatic rings. The number of alkyl halides is 2. The second kappa shape index (κ2) is 9.96. The molecule has 2 saturated carbocycles. The van der Waals surface area contributed by atoms with E-state index in [0.29, 0.717) is 70.9 Å². The first-order valence-corrected chi connectivity index (χ1v) is 13.8. The fraction of sp³-hybridized carbons (Fsp3) is 0.375. The Morgan fingerprint density at radius 2 is 1.85 bits per heavy atom. The van der Waals surface area contributed by atoms with E-state index in [0.717, 1.165) is 4.09 Å². The molecule has 0 amide bonds. The molecular weight excluding hydrogens is 534 g/mol. The highest BCUT2D eigenvalue weighted by Crippen LogP contribution is 2.35. The van der Waals surface area contributed by atoms with E-state index in [-0.39, 0.29) is 11.9 Å². The second-order valence-corrected chi connectivity index (χ2v) is 11.6. The summed E-state index contributed by atoms with van der Waals surface area (Å²) in [4.78, 5) is 13.1. The number of ether oxygens (including phenoxy) is 1. The molecule has 4 aromatic heterocycles. The third-order valence-corrected chi connectivity index (χ3v) is 8.60. The Hall–Kier alpha value is -3.98. The normalized spacial score (nSPS) is 19.5. The predicted molar refractivity (Wildman–Crippen MR) is 135 cm³/mol. The molecule has 0 radical (unpaired) electrons. The van der Waals surface area contributed by atoms with Crippen LogP contribution in [0, 0.1) is 0 Å². The summed E-state index contributed by atoms with van der Waals surface area (Å²) >= 11 is 0. The Balaban J connectivity index is 1.27. The smallest absolute Gasteiger partial charge is 0.333 e. The minimum Gasteiger partial charge on any atom is -0.489 e. The number of aliphatic hydroxyl groups is 1. The number of rotatable bonds is 9. The predicted octanol–water partition coefficient (Wildman–Crippen LogP) is 3.37. The third-order valence-electron chi connectivity index (χ3n) is 6.57. The summed E-state index contributed by atoms with van der Waals surface area (Å²) < 4.78 is 58.8. The lowest BCUT2D eigenvalue weighted by Crippen LogP contribution is -2.17. The van der Waals surface area contributed by atoms with E-state index in [1.54, 1.807) is 12.1 Å². The van der Waals surface area contributed by atoms with E-state index in [4.69, 9.17) is 4.74 Å². The lowest BCUT2D eigenvalue weighted by molar-refractivity contribution is 0.0566. The van der Waals surface area contributed by atoms with Crippen LogP contribution in [0.3, 0.4) is 0 Å². The number of nitrogens with one attached hydrogen (secondary N) is 1. The van der Waals surface area contributed by atoms with Gasteiger partial charge in [0, 0.05) is 42.2 Å². The van der Waals surface area contributed by atoms with Crippen molar-refractivity contribution in [2.75, 3.05) is 5.32 Å². The summed E-state index contributed by atoms with van der Waals surface area (Å²) in [6.45, 7) is -2.78. The van der Waals surface area contributed by atoms with Gasteiger partial charge in [-0.1, -0.05) is 0 Å². The standard InChI is InChI=1S/C24H24F2N8O4S/c25-24(26)33-12-14(9-29-33)19-11-28-22(8-20(19)38-17-2-1-16(35)7-17)31-21-5-6-27-23(32-21)15-10-30-34(13-15)39(36,37)18-3-4-18/h5-6,8-13,16-18,24,35H,1-4,7H2,(H,27,28,31,32). The average Bonchev–Trinajstić information content (AvgIpc) is 3.27. The van der Waals surface area contributed by atoms with Crippen molar-refractivity contribution in [2.45, 2.75) is 56.1 Å². The monoisotopic (exact) mass is 558 g/mol. The molecule has 6 rings (SSSR count). The zero-order valence-electron chi connectivity index (χ0n) is 20.4. The lowest BCUT2D eigenvalue weighted by atomic mass is 10.1. The molecule has 12 nitrogen and oxygen atoms in total. The van der Waals surface area contributed by atoms with Gasteiger partial charge in [0.25, 0.3) is 10.0 Å². The lowest BCUT2D eigenvalue weighted by Gasteiger charge is -2.17. The molecule has 2 aliphatic rings. The summed E-state index contributed by atoms with van der Waals surface area (Å²) in [5, 5.41) is 20.3. The SMILES string of the molecule is O=S(=O)(C1CC1)n1cc(-c2nccc(Nc3cc(OC4CCC(O)C4)c(-c4cnn(C(F)F)c4)cn3)n2)cn1. The largest absolute Gasteiger partial charge is 0.489 e. The van der Waals surface area contributed by atoms with Crippen molar-refractivity contribution in [1.29, 1.82) is 0 Å². The Morgan fingerprint density at radius 3 is 2.56 bits per heavy atom. The Labute approximate surface area is 221 Å². The van der Waals surface area contributed by atoms with Gasteiger partial charge >= 0.3 is 6.55 Å². The van der Waals surface area contributed by atoms with Crippen LogP contribution < -0.4 is 10.1 Å². The number of aromatic nitrogens is 7. The van der Waals surface area contributed by atoms with Crippen molar-refractivity contribution < 1.29 is 27.0 Å². The molecule has 0 aromatic carbocycles. The number of halogens is 2. The molecule has 204 valence electrons. The van der Waals surface area contributed by atoms with Gasteiger partial charge in [0.05, 0.1) is 35.5 Å². The maximum Gasteiger partial charge on any atom is 0.333 e. The number of hydrogen-bond donors (Lipinski definition) is 2. The van der Waals surface area contributed by atoms with E-state index in [1.807, 2.05) is 0 Å². The van der Waals surface area contributed by atoms with E-state index in [9.17, 15) is 22.3 Å². The highest BCUT2D eigenvalue weighted by atomic mass is 32.2. The molecule has 39 heavy (non-hydrogen) atoms. The quantitative estimate of drug-likeness (QED) is 0.313. The molecule has 2 N–H and O–H groups in total. The Kier molecular flexibility index (Phi) is 6.46. The summed E-state index contributed by atoms with van der Waals surface area (Å²) in [7, 11) is -3.51. The van der Waals surface area contributed by atoms with Gasteiger partial charge < -0.3 is 15.2 Å². The number of aliphatic hydroxyl groups excluding tert-OH is 1. The zero-order chi connectivity index (χ0) is 27.1. The third kappa shape index (κ3) is 5.31. The fourth-order valence-electron chi connectivity index (χ4n) is 4.38. The Bertz CT molecular complexity index is 1600. The number of pyridine rings is 1. The molecule has 15 heteroatoms. The van der Waals surface area contributed by atoms with Crippen LogP contribution in [0.15, 0.2) is 49.3 Å². The zero-order valence-corrected chi connectivity index (χ0v) is 21.2. The van der Waals surface area contributed by atoms with Crippen molar-refractivity contribution >= 4 is 21.7 Å². The summed E-state index contributed by atoms with van der Waals surface area (Å²) in [6.07, 6.45) is 10.6. The minimum absolute atomic E-state index is 0.242. The van der Waals surface area contributed by atoms with Crippen LogP contribution in [0.25, 0.3) is 22.5 Å². The van der Waals surface area contributed by atoms with E-state index in [2.05, 4.69) is 30.5 Å². The molecular formula is C24H24F2N8O4S. The second-order valence-electron chi connectivity index (χ2n) is 9.50. The molecule has 2 aliphatic carbocycles. The Morgan fingerprint density at radius 1 is 1.03 bits per heavy atom. The minimum atomic E-state index is -3.51. The molecule has 4 heterocycles. The van der Waals surface area contributed by atoms with Crippen molar-refractivity contribution in [1.82, 2.24) is 33.9 Å². The molecule has 0 aliphatic heterocycles. The van der Waals surface area contributed by atoms with Gasteiger partial charge in [0.2, 0.25) is 0 Å². The van der Waals surface area contributed by atoms with Gasteiger partial charge in [-0.15, -0.1) is 0 Å². The molecule has 0 spiro atoms. The van der Waals surface area contributed by atoms with Crippen molar-refractivity contribution in [2.24, 2.45) is 0 Å². The van der Waals surface area contributed by atoms with Crippen molar-refractivity contribution in [3.8, 4) is 28.3 Å². The van der Waals surface area contributed by atoms with Crippen LogP contribution in [0.5, 0.6) is 5.75 Å². The first-order chi connectivity index (χ1) is 18.8. The van der Waals surface area contributed by atoms with Gasteiger partial charge in [-0.3, -0.25) is 0 Å². The topological polar surface area (TPSA) is 150 Å². The number of hydrogen-bond acceptors (Lipinski definition) is 10. The van der Waals surface area contributed by atoms with Crippen molar-refractivity contribution in [3.63, 3.8) is 0 Å². The van der Waals surface area contributed by atoms with Crippen LogP contribution in [-0.2, 0) is 10.0 Å². The van der Waals surface area contributed by atoms with E-state index in [1.165, 1.54) is 37.2 Å². The van der Waals surface area contributed by atoms with Gasteiger partial charge in [-0.05, 0) is 31.7 Å². The van der Waals surface area contributed by atoms with Gasteiger partial charge in [-0.2, -0.15) is 23.1 Å². The number of anilines is 2. The first kappa shape index (κ1) is 25.3.